The number of thiophene rings is 1. The van der Waals surface area contributed by atoms with E-state index in [1.165, 1.54) is 18.4 Å². The number of methoxy groups -OCH3 is 1. The Morgan fingerprint density at radius 3 is 2.62 bits per heavy atom. The number of fused-ring (bicyclic) bond motifs is 1. The lowest BCUT2D eigenvalue weighted by Gasteiger charge is -2.28. The number of benzene rings is 2. The van der Waals surface area contributed by atoms with E-state index < -0.39 is 5.97 Å². The predicted molar refractivity (Wildman–Crippen MR) is 136 cm³/mol. The van der Waals surface area contributed by atoms with Gasteiger partial charge < -0.3 is 25.0 Å². The first-order chi connectivity index (χ1) is 16.6. The van der Waals surface area contributed by atoms with Crippen molar-refractivity contribution < 1.29 is 18.9 Å². The molecule has 0 saturated carbocycles. The Bertz CT molecular complexity index is 1330. The number of hydrogen-bond acceptors (Lipinski definition) is 9. The van der Waals surface area contributed by atoms with Gasteiger partial charge in [-0.1, -0.05) is 30.3 Å². The van der Waals surface area contributed by atoms with Crippen LogP contribution >= 0.6 is 23.6 Å². The summed E-state index contributed by atoms with van der Waals surface area (Å²) in [7, 11) is 1.35. The third-order valence-electron chi connectivity index (χ3n) is 5.42. The molecule has 174 valence electrons. The number of nitrogens with zero attached hydrogens (tertiary/aromatic N) is 3. The first kappa shape index (κ1) is 22.3. The molecule has 1 saturated heterocycles. The summed E-state index contributed by atoms with van der Waals surface area (Å²) in [4.78, 5) is 15.5. The highest BCUT2D eigenvalue weighted by Gasteiger charge is 2.21. The van der Waals surface area contributed by atoms with Crippen molar-refractivity contribution in [3.63, 3.8) is 0 Å². The summed E-state index contributed by atoms with van der Waals surface area (Å²) in [5.41, 5.74) is 4.20. The second-order valence-electron chi connectivity index (χ2n) is 7.48. The number of anilines is 3. The van der Waals surface area contributed by atoms with Gasteiger partial charge in [0.15, 0.2) is 16.1 Å². The van der Waals surface area contributed by atoms with E-state index >= 15 is 0 Å². The van der Waals surface area contributed by atoms with Gasteiger partial charge in [0.05, 0.1) is 37.3 Å². The van der Waals surface area contributed by atoms with E-state index in [9.17, 15) is 4.79 Å². The molecule has 0 spiro atoms. The summed E-state index contributed by atoms with van der Waals surface area (Å²) in [6.07, 6.45) is 0. The van der Waals surface area contributed by atoms with Gasteiger partial charge in [-0.3, -0.25) is 0 Å². The van der Waals surface area contributed by atoms with E-state index in [0.29, 0.717) is 45.6 Å². The second-order valence-corrected chi connectivity index (χ2v) is 8.94. The van der Waals surface area contributed by atoms with Gasteiger partial charge in [-0.2, -0.15) is 0 Å². The van der Waals surface area contributed by atoms with Gasteiger partial charge in [0.25, 0.3) is 0 Å². The molecule has 5 rings (SSSR count). The molecule has 1 aliphatic heterocycles. The molecule has 34 heavy (non-hydrogen) atoms. The van der Waals surface area contributed by atoms with Crippen LogP contribution in [0.5, 0.6) is 0 Å². The number of rotatable bonds is 5. The molecule has 0 amide bonds. The fourth-order valence-electron chi connectivity index (χ4n) is 3.76. The summed E-state index contributed by atoms with van der Waals surface area (Å²) in [5.74, 6) is -0.443. The van der Waals surface area contributed by atoms with Gasteiger partial charge in [0, 0.05) is 18.0 Å². The molecule has 2 aromatic carbocycles. The quantitative estimate of drug-likeness (QED) is 0.306. The predicted octanol–water partition coefficient (Wildman–Crippen LogP) is 4.38. The highest BCUT2D eigenvalue weighted by Crippen LogP contribution is 2.36. The van der Waals surface area contributed by atoms with Crippen LogP contribution in [0.4, 0.5) is 16.4 Å². The third kappa shape index (κ3) is 4.45. The largest absolute Gasteiger partial charge is 0.465 e. The fraction of sp³-hybridized carbons (Fsp3) is 0.217. The van der Waals surface area contributed by atoms with Gasteiger partial charge in [-0.15, -0.1) is 11.3 Å². The molecule has 9 nitrogen and oxygen atoms in total. The summed E-state index contributed by atoms with van der Waals surface area (Å²) >= 11 is 6.97. The van der Waals surface area contributed by atoms with Gasteiger partial charge in [-0.05, 0) is 46.3 Å². The normalized spacial score (nSPS) is 13.6. The standard InChI is InChI=1S/C23H21N5O4S2/c1-30-22(29)15-13-18(14-5-3-2-4-6-14)34-21(15)25-23(33)24-16-7-8-17(20-19(16)26-32-27-20)28-9-11-31-12-10-28/h2-8,13H,9-12H2,1H3,(H2,24,25,33). The summed E-state index contributed by atoms with van der Waals surface area (Å²) in [6, 6.07) is 15.5. The number of esters is 1. The number of aromatic nitrogens is 2. The van der Waals surface area contributed by atoms with E-state index in [0.717, 1.165) is 29.2 Å². The van der Waals surface area contributed by atoms with Crippen molar-refractivity contribution in [2.75, 3.05) is 48.9 Å². The number of nitrogens with one attached hydrogen (secondary N) is 2. The van der Waals surface area contributed by atoms with Crippen molar-refractivity contribution in [1.29, 1.82) is 0 Å². The molecule has 2 aromatic heterocycles. The van der Waals surface area contributed by atoms with Gasteiger partial charge in [-0.25, -0.2) is 9.42 Å². The molecule has 1 aliphatic rings. The minimum absolute atomic E-state index is 0.301. The maximum Gasteiger partial charge on any atom is 0.340 e. The van der Waals surface area contributed by atoms with Crippen LogP contribution in [-0.4, -0.2) is 54.8 Å². The minimum Gasteiger partial charge on any atom is -0.465 e. The topological polar surface area (TPSA) is 102 Å². The van der Waals surface area contributed by atoms with E-state index in [2.05, 4.69) is 25.8 Å². The van der Waals surface area contributed by atoms with Crippen molar-refractivity contribution in [3.8, 4) is 10.4 Å². The van der Waals surface area contributed by atoms with Crippen LogP contribution in [0, 0.1) is 0 Å². The van der Waals surface area contributed by atoms with Crippen molar-refractivity contribution in [2.24, 2.45) is 0 Å². The van der Waals surface area contributed by atoms with Crippen LogP contribution in [-0.2, 0) is 9.47 Å². The third-order valence-corrected chi connectivity index (χ3v) is 6.72. The maximum absolute atomic E-state index is 12.4. The molecule has 0 bridgehead atoms. The monoisotopic (exact) mass is 495 g/mol. The Balaban J connectivity index is 1.39. The molecular weight excluding hydrogens is 474 g/mol. The Morgan fingerprint density at radius 2 is 1.85 bits per heavy atom. The lowest BCUT2D eigenvalue weighted by molar-refractivity contribution is 0.0602. The van der Waals surface area contributed by atoms with Crippen molar-refractivity contribution in [2.45, 2.75) is 0 Å². The maximum atomic E-state index is 12.4. The molecule has 11 heteroatoms. The molecule has 1 fully saturated rings. The van der Waals surface area contributed by atoms with Crippen LogP contribution in [0.15, 0.2) is 53.2 Å². The Kier molecular flexibility index (Phi) is 6.39. The number of morpholine rings is 1. The zero-order valence-corrected chi connectivity index (χ0v) is 19.9. The number of carbonyl (C=O) groups is 1. The van der Waals surface area contributed by atoms with Crippen molar-refractivity contribution in [3.05, 3.63) is 54.1 Å². The summed E-state index contributed by atoms with van der Waals surface area (Å²) in [5, 5.41) is 15.3. The minimum atomic E-state index is -0.443. The van der Waals surface area contributed by atoms with Crippen LogP contribution in [0.3, 0.4) is 0 Å². The molecular formula is C23H21N5O4S2. The number of thiocarbonyl (C=S) groups is 1. The van der Waals surface area contributed by atoms with E-state index in [1.54, 1.807) is 6.07 Å². The zero-order valence-electron chi connectivity index (χ0n) is 18.2. The second kappa shape index (κ2) is 9.75. The average Bonchev–Trinajstić information content (AvgIpc) is 3.53. The smallest absolute Gasteiger partial charge is 0.340 e. The molecule has 0 aliphatic carbocycles. The van der Waals surface area contributed by atoms with E-state index in [-0.39, 0.29) is 0 Å². The van der Waals surface area contributed by atoms with E-state index in [4.69, 9.17) is 26.3 Å². The number of ether oxygens (including phenoxy) is 2. The summed E-state index contributed by atoms with van der Waals surface area (Å²) < 4.78 is 15.4. The van der Waals surface area contributed by atoms with E-state index in [1.807, 2.05) is 42.5 Å². The molecule has 0 radical (unpaired) electrons. The van der Waals surface area contributed by atoms with Crippen molar-refractivity contribution in [1.82, 2.24) is 10.3 Å². The highest BCUT2D eigenvalue weighted by atomic mass is 32.1. The molecule has 0 unspecified atom stereocenters. The van der Waals surface area contributed by atoms with Crippen LogP contribution in [0.25, 0.3) is 21.5 Å². The Hall–Kier alpha value is -3.54. The molecule has 3 heterocycles. The highest BCUT2D eigenvalue weighted by molar-refractivity contribution is 7.80. The van der Waals surface area contributed by atoms with Gasteiger partial charge >= 0.3 is 5.97 Å². The van der Waals surface area contributed by atoms with Gasteiger partial charge in [0.2, 0.25) is 0 Å². The first-order valence-electron chi connectivity index (χ1n) is 10.6. The summed E-state index contributed by atoms with van der Waals surface area (Å²) in [6.45, 7) is 2.87. The fourth-order valence-corrected chi connectivity index (χ4v) is 5.09. The number of carbonyl (C=O) groups excluding carboxylic acids is 1. The average molecular weight is 496 g/mol. The van der Waals surface area contributed by atoms with Gasteiger partial charge in [0.1, 0.15) is 5.00 Å². The zero-order chi connectivity index (χ0) is 23.5. The lowest BCUT2D eigenvalue weighted by Crippen LogP contribution is -2.36. The SMILES string of the molecule is COC(=O)c1cc(-c2ccccc2)sc1NC(=S)Nc1ccc(N2CCOCC2)c2nonc12. The lowest BCUT2D eigenvalue weighted by atomic mass is 10.1. The van der Waals surface area contributed by atoms with Crippen LogP contribution < -0.4 is 15.5 Å². The van der Waals surface area contributed by atoms with Crippen LogP contribution in [0.2, 0.25) is 0 Å². The molecule has 4 aromatic rings. The molecule has 0 atom stereocenters. The molecule has 2 N–H and O–H groups in total. The van der Waals surface area contributed by atoms with Crippen LogP contribution in [0.1, 0.15) is 10.4 Å². The number of hydrogen-bond donors (Lipinski definition) is 2. The first-order valence-corrected chi connectivity index (χ1v) is 11.8. The Labute approximate surface area is 204 Å². The Morgan fingerprint density at radius 1 is 1.09 bits per heavy atom. The van der Waals surface area contributed by atoms with Crippen molar-refractivity contribution >= 4 is 62.0 Å².